The number of halogens is 4. The van der Waals surface area contributed by atoms with Crippen LogP contribution < -0.4 is 20.3 Å². The first-order valence-corrected chi connectivity index (χ1v) is 16.6. The van der Waals surface area contributed by atoms with Gasteiger partial charge in [-0.05, 0) is 61.6 Å². The Labute approximate surface area is 287 Å². The molecular formula is C36H36ClF3N6O3. The minimum atomic E-state index is -4.84. The molecule has 2 aromatic carbocycles. The Balaban J connectivity index is 0.948. The number of benzene rings is 2. The molecule has 2 aliphatic rings. The zero-order chi connectivity index (χ0) is 34.4. The van der Waals surface area contributed by atoms with Gasteiger partial charge in [-0.3, -0.25) is 14.5 Å². The van der Waals surface area contributed by atoms with Gasteiger partial charge in [0.15, 0.2) is 0 Å². The Morgan fingerprint density at radius 2 is 1.49 bits per heavy atom. The van der Waals surface area contributed by atoms with Crippen molar-refractivity contribution in [1.29, 1.82) is 0 Å². The Morgan fingerprint density at radius 1 is 0.796 bits per heavy atom. The first-order valence-electron chi connectivity index (χ1n) is 16.2. The number of amides is 2. The number of hydrogen-bond acceptors (Lipinski definition) is 7. The van der Waals surface area contributed by atoms with Crippen LogP contribution in [0.15, 0.2) is 85.2 Å². The highest BCUT2D eigenvalue weighted by atomic mass is 35.5. The van der Waals surface area contributed by atoms with Crippen LogP contribution in [0.4, 0.5) is 19.0 Å². The SMILES string of the molecule is O=C(NC1CCN(c2ccc(CN3CCC(NC(=O)c4cccc(-c5ccc(OC(F)(F)F)nc5)c4Cl)CC3)cn2)CC1)c1ccccc1. The van der Waals surface area contributed by atoms with Crippen molar-refractivity contribution >= 4 is 29.2 Å². The van der Waals surface area contributed by atoms with Crippen molar-refractivity contribution < 1.29 is 27.5 Å². The molecule has 0 atom stereocenters. The maximum atomic E-state index is 13.2. The number of piperidine rings is 2. The van der Waals surface area contributed by atoms with Gasteiger partial charge in [-0.2, -0.15) is 0 Å². The van der Waals surface area contributed by atoms with E-state index in [0.29, 0.717) is 16.7 Å². The molecule has 0 bridgehead atoms. The minimum absolute atomic E-state index is 0.0233. The van der Waals surface area contributed by atoms with Crippen LogP contribution in [0.1, 0.15) is 52.0 Å². The van der Waals surface area contributed by atoms with Gasteiger partial charge < -0.3 is 20.3 Å². The molecule has 256 valence electrons. The summed E-state index contributed by atoms with van der Waals surface area (Å²) in [5.74, 6) is 0.0105. The van der Waals surface area contributed by atoms with E-state index in [4.69, 9.17) is 16.6 Å². The summed E-state index contributed by atoms with van der Waals surface area (Å²) in [5, 5.41) is 6.43. The third kappa shape index (κ3) is 9.07. The number of carbonyl (C=O) groups excluding carboxylic acids is 2. The number of likely N-dealkylation sites (tertiary alicyclic amines) is 1. The third-order valence-electron chi connectivity index (χ3n) is 8.84. The zero-order valence-corrected chi connectivity index (χ0v) is 27.4. The molecule has 4 aromatic rings. The number of rotatable bonds is 9. The van der Waals surface area contributed by atoms with E-state index in [1.807, 2.05) is 36.5 Å². The molecule has 0 aliphatic carbocycles. The van der Waals surface area contributed by atoms with Crippen molar-refractivity contribution in [2.75, 3.05) is 31.1 Å². The molecule has 2 fully saturated rings. The van der Waals surface area contributed by atoms with Crippen LogP contribution in [0, 0.1) is 0 Å². The van der Waals surface area contributed by atoms with E-state index in [0.717, 1.165) is 75.9 Å². The molecule has 4 heterocycles. The minimum Gasteiger partial charge on any atom is -0.388 e. The van der Waals surface area contributed by atoms with E-state index < -0.39 is 12.2 Å². The highest BCUT2D eigenvalue weighted by Gasteiger charge is 2.32. The zero-order valence-electron chi connectivity index (χ0n) is 26.6. The molecule has 0 unspecified atom stereocenters. The lowest BCUT2D eigenvalue weighted by Gasteiger charge is -2.34. The molecule has 2 amide bonds. The molecule has 0 spiro atoms. The lowest BCUT2D eigenvalue weighted by Crippen LogP contribution is -2.45. The summed E-state index contributed by atoms with van der Waals surface area (Å²) in [4.78, 5) is 38.7. The molecule has 2 N–H and O–H groups in total. The fourth-order valence-electron chi connectivity index (χ4n) is 6.21. The molecule has 49 heavy (non-hydrogen) atoms. The maximum Gasteiger partial charge on any atom is 0.574 e. The molecule has 0 saturated carbocycles. The lowest BCUT2D eigenvalue weighted by atomic mass is 10.0. The van der Waals surface area contributed by atoms with E-state index in [2.05, 4.69) is 42.3 Å². The van der Waals surface area contributed by atoms with Gasteiger partial charge in [0.1, 0.15) is 5.82 Å². The topological polar surface area (TPSA) is 99.7 Å². The number of pyridine rings is 2. The number of anilines is 1. The van der Waals surface area contributed by atoms with Crippen LogP contribution in [0.2, 0.25) is 5.02 Å². The second kappa shape index (κ2) is 15.3. The summed E-state index contributed by atoms with van der Waals surface area (Å²) in [6, 6.07) is 21.1. The predicted molar refractivity (Wildman–Crippen MR) is 181 cm³/mol. The quantitative estimate of drug-likeness (QED) is 0.207. The highest BCUT2D eigenvalue weighted by molar-refractivity contribution is 6.36. The molecule has 9 nitrogen and oxygen atoms in total. The summed E-state index contributed by atoms with van der Waals surface area (Å²) in [5.41, 5.74) is 3.01. The molecule has 2 aromatic heterocycles. The number of alkyl halides is 3. The van der Waals surface area contributed by atoms with E-state index >= 15 is 0 Å². The first-order chi connectivity index (χ1) is 23.6. The van der Waals surface area contributed by atoms with Gasteiger partial charge >= 0.3 is 6.36 Å². The van der Waals surface area contributed by atoms with Crippen LogP contribution in [0.3, 0.4) is 0 Å². The smallest absolute Gasteiger partial charge is 0.388 e. The van der Waals surface area contributed by atoms with Crippen LogP contribution >= 0.6 is 11.6 Å². The number of aromatic nitrogens is 2. The van der Waals surface area contributed by atoms with E-state index in [1.165, 1.54) is 12.3 Å². The van der Waals surface area contributed by atoms with Gasteiger partial charge in [-0.1, -0.05) is 48.0 Å². The Morgan fingerprint density at radius 3 is 2.12 bits per heavy atom. The van der Waals surface area contributed by atoms with Gasteiger partial charge in [0.2, 0.25) is 5.88 Å². The van der Waals surface area contributed by atoms with Crippen LogP contribution in [0.5, 0.6) is 5.88 Å². The summed E-state index contributed by atoms with van der Waals surface area (Å²) in [6.45, 7) is 4.02. The van der Waals surface area contributed by atoms with Crippen molar-refractivity contribution in [3.8, 4) is 17.0 Å². The van der Waals surface area contributed by atoms with E-state index in [9.17, 15) is 22.8 Å². The maximum absolute atomic E-state index is 13.2. The Hall–Kier alpha value is -4.68. The standard InChI is InChI=1S/C36H36ClF3N6O3/c37-33-29(26-10-12-32(42-22-26)49-36(38,39)40)7-4-8-30(33)35(48)44-27-13-17-45(18-14-27)23-24-9-11-31(41-21-24)46-19-15-28(16-20-46)43-34(47)25-5-2-1-3-6-25/h1-12,21-22,27-28H,13-20,23H2,(H,43,47)(H,44,48). The molecule has 13 heteroatoms. The Bertz CT molecular complexity index is 1730. The molecular weight excluding hydrogens is 657 g/mol. The van der Waals surface area contributed by atoms with Crippen LogP contribution in [-0.4, -0.2) is 71.3 Å². The second-order valence-electron chi connectivity index (χ2n) is 12.2. The number of ether oxygens (including phenoxy) is 1. The normalized spacial score (nSPS) is 16.3. The third-order valence-corrected chi connectivity index (χ3v) is 9.25. The molecule has 2 saturated heterocycles. The molecule has 0 radical (unpaired) electrons. The molecule has 2 aliphatic heterocycles. The number of nitrogens with one attached hydrogen (secondary N) is 2. The van der Waals surface area contributed by atoms with Gasteiger partial charge in [-0.25, -0.2) is 9.97 Å². The Kier molecular flexibility index (Phi) is 10.6. The number of carbonyl (C=O) groups is 2. The summed E-state index contributed by atoms with van der Waals surface area (Å²) in [6.07, 6.45) is 1.58. The van der Waals surface area contributed by atoms with Crippen molar-refractivity contribution in [3.63, 3.8) is 0 Å². The highest BCUT2D eigenvalue weighted by Crippen LogP contribution is 2.32. The number of hydrogen-bond donors (Lipinski definition) is 2. The fraction of sp³-hybridized carbons (Fsp3) is 0.333. The van der Waals surface area contributed by atoms with Gasteiger partial charge in [0.25, 0.3) is 11.8 Å². The van der Waals surface area contributed by atoms with Crippen molar-refractivity contribution in [2.24, 2.45) is 0 Å². The summed E-state index contributed by atoms with van der Waals surface area (Å²) in [7, 11) is 0. The van der Waals surface area contributed by atoms with Gasteiger partial charge in [0, 0.05) is 80.0 Å². The van der Waals surface area contributed by atoms with Gasteiger partial charge in [-0.15, -0.1) is 13.2 Å². The first kappa shape index (κ1) is 34.2. The lowest BCUT2D eigenvalue weighted by molar-refractivity contribution is -0.276. The average molecular weight is 693 g/mol. The molecule has 6 rings (SSSR count). The van der Waals surface area contributed by atoms with E-state index in [1.54, 1.807) is 18.2 Å². The monoisotopic (exact) mass is 692 g/mol. The summed E-state index contributed by atoms with van der Waals surface area (Å²) >= 11 is 6.59. The number of nitrogens with zero attached hydrogens (tertiary/aromatic N) is 4. The average Bonchev–Trinajstić information content (AvgIpc) is 3.10. The van der Waals surface area contributed by atoms with Gasteiger partial charge in [0.05, 0.1) is 10.6 Å². The van der Waals surface area contributed by atoms with Crippen molar-refractivity contribution in [2.45, 2.75) is 50.7 Å². The van der Waals surface area contributed by atoms with E-state index in [-0.39, 0.29) is 34.5 Å². The van der Waals surface area contributed by atoms with Crippen molar-refractivity contribution in [1.82, 2.24) is 25.5 Å². The largest absolute Gasteiger partial charge is 0.574 e. The fourth-order valence-corrected chi connectivity index (χ4v) is 6.53. The van der Waals surface area contributed by atoms with Crippen LogP contribution in [0.25, 0.3) is 11.1 Å². The second-order valence-corrected chi connectivity index (χ2v) is 12.6. The van der Waals surface area contributed by atoms with Crippen molar-refractivity contribution in [3.05, 3.63) is 107 Å². The van der Waals surface area contributed by atoms with Crippen LogP contribution in [-0.2, 0) is 6.54 Å². The predicted octanol–water partition coefficient (Wildman–Crippen LogP) is 6.49. The summed E-state index contributed by atoms with van der Waals surface area (Å²) < 4.78 is 41.3.